The van der Waals surface area contributed by atoms with Gasteiger partial charge in [-0.2, -0.15) is 0 Å². The molecule has 1 aliphatic carbocycles. The maximum atomic E-state index is 12.4. The lowest BCUT2D eigenvalue weighted by molar-refractivity contribution is -0.136. The van der Waals surface area contributed by atoms with Gasteiger partial charge in [0.2, 0.25) is 0 Å². The molecule has 8 nitrogen and oxygen atoms in total. The van der Waals surface area contributed by atoms with Gasteiger partial charge in [0.25, 0.3) is 5.91 Å². The van der Waals surface area contributed by atoms with Gasteiger partial charge in [0.15, 0.2) is 0 Å². The Bertz CT molecular complexity index is 1130. The van der Waals surface area contributed by atoms with E-state index in [1.807, 2.05) is 36.4 Å². The summed E-state index contributed by atoms with van der Waals surface area (Å²) in [5.41, 5.74) is 4.56. The number of carboxylic acids is 1. The Morgan fingerprint density at radius 3 is 2.22 bits per heavy atom. The van der Waals surface area contributed by atoms with Crippen LogP contribution in [0, 0.1) is 0 Å². The highest BCUT2D eigenvalue weighted by Crippen LogP contribution is 2.44. The minimum atomic E-state index is -1.01. The first-order valence-corrected chi connectivity index (χ1v) is 10.1. The Labute approximate surface area is 184 Å². The van der Waals surface area contributed by atoms with Crippen molar-refractivity contribution in [1.82, 2.24) is 10.3 Å². The van der Waals surface area contributed by atoms with Crippen molar-refractivity contribution in [3.63, 3.8) is 0 Å². The molecule has 0 spiro atoms. The molecule has 0 atom stereocenters. The van der Waals surface area contributed by atoms with Gasteiger partial charge in [-0.15, -0.1) is 0 Å². The lowest BCUT2D eigenvalue weighted by Gasteiger charge is -2.14. The number of amides is 2. The van der Waals surface area contributed by atoms with Crippen molar-refractivity contribution in [3.05, 3.63) is 83.6 Å². The second-order valence-corrected chi connectivity index (χ2v) is 7.26. The van der Waals surface area contributed by atoms with Gasteiger partial charge < -0.3 is 15.2 Å². The first-order chi connectivity index (χ1) is 15.5. The molecular formula is C24H21N3O5. The SMILES string of the molecule is O=C(O)CCNC(=O)c1cccc(NC(=O)OCC2c3ccccc3-c3ccccc32)n1. The van der Waals surface area contributed by atoms with E-state index in [-0.39, 0.29) is 37.0 Å². The monoisotopic (exact) mass is 431 g/mol. The van der Waals surface area contributed by atoms with E-state index >= 15 is 0 Å². The van der Waals surface area contributed by atoms with Crippen LogP contribution in [0.25, 0.3) is 11.1 Å². The predicted molar refractivity (Wildman–Crippen MR) is 118 cm³/mol. The molecule has 0 radical (unpaired) electrons. The van der Waals surface area contributed by atoms with Crippen LogP contribution in [-0.4, -0.2) is 41.2 Å². The number of carboxylic acid groups (broad SMARTS) is 1. The number of pyridine rings is 1. The molecule has 0 aliphatic heterocycles. The van der Waals surface area contributed by atoms with Crippen molar-refractivity contribution >= 4 is 23.8 Å². The maximum absolute atomic E-state index is 12.4. The quantitative estimate of drug-likeness (QED) is 0.526. The van der Waals surface area contributed by atoms with Crippen LogP contribution in [0.2, 0.25) is 0 Å². The molecule has 0 fully saturated rings. The summed E-state index contributed by atoms with van der Waals surface area (Å²) in [6, 6.07) is 20.7. The fraction of sp³-hybridized carbons (Fsp3) is 0.167. The molecule has 162 valence electrons. The Morgan fingerprint density at radius 2 is 1.56 bits per heavy atom. The second kappa shape index (κ2) is 9.30. The van der Waals surface area contributed by atoms with Crippen LogP contribution in [0.1, 0.15) is 34.0 Å². The summed E-state index contributed by atoms with van der Waals surface area (Å²) < 4.78 is 5.48. The number of ether oxygens (including phenoxy) is 1. The third-order valence-electron chi connectivity index (χ3n) is 5.18. The summed E-state index contributed by atoms with van der Waals surface area (Å²) in [5, 5.41) is 13.7. The average molecular weight is 431 g/mol. The molecule has 2 amide bonds. The molecule has 4 rings (SSSR count). The second-order valence-electron chi connectivity index (χ2n) is 7.26. The van der Waals surface area contributed by atoms with E-state index in [9.17, 15) is 14.4 Å². The number of hydrogen-bond acceptors (Lipinski definition) is 5. The van der Waals surface area contributed by atoms with E-state index in [4.69, 9.17) is 9.84 Å². The highest BCUT2D eigenvalue weighted by atomic mass is 16.5. The van der Waals surface area contributed by atoms with Crippen molar-refractivity contribution in [3.8, 4) is 11.1 Å². The molecule has 8 heteroatoms. The standard InChI is InChI=1S/C24H21N3O5/c28-22(29)12-13-25-23(30)20-10-5-11-21(26-20)27-24(31)32-14-19-17-8-3-1-6-15(17)16-7-2-4-9-18(16)19/h1-11,19H,12-14H2,(H,25,30)(H,28,29)(H,26,27,31). The normalized spacial score (nSPS) is 11.9. The fourth-order valence-electron chi connectivity index (χ4n) is 3.74. The highest BCUT2D eigenvalue weighted by Gasteiger charge is 2.29. The summed E-state index contributed by atoms with van der Waals surface area (Å²) in [6.07, 6.45) is -0.869. The van der Waals surface area contributed by atoms with E-state index in [0.717, 1.165) is 22.3 Å². The van der Waals surface area contributed by atoms with E-state index in [1.54, 1.807) is 6.07 Å². The average Bonchev–Trinajstić information content (AvgIpc) is 3.11. The van der Waals surface area contributed by atoms with Crippen LogP contribution in [-0.2, 0) is 9.53 Å². The lowest BCUT2D eigenvalue weighted by atomic mass is 9.98. The summed E-state index contributed by atoms with van der Waals surface area (Å²) in [4.78, 5) is 39.1. The van der Waals surface area contributed by atoms with E-state index in [1.165, 1.54) is 12.1 Å². The molecule has 3 N–H and O–H groups in total. The van der Waals surface area contributed by atoms with Crippen LogP contribution < -0.4 is 10.6 Å². The first kappa shape index (κ1) is 21.0. The number of carbonyl (C=O) groups is 3. The molecule has 0 unspecified atom stereocenters. The van der Waals surface area contributed by atoms with Gasteiger partial charge in [0.05, 0.1) is 6.42 Å². The zero-order valence-corrected chi connectivity index (χ0v) is 17.1. The van der Waals surface area contributed by atoms with Crippen LogP contribution in [0.15, 0.2) is 66.7 Å². The maximum Gasteiger partial charge on any atom is 0.412 e. The minimum absolute atomic E-state index is 0.0140. The van der Waals surface area contributed by atoms with Gasteiger partial charge in [-0.3, -0.25) is 14.9 Å². The van der Waals surface area contributed by atoms with Crippen LogP contribution in [0.3, 0.4) is 0 Å². The number of benzene rings is 2. The van der Waals surface area contributed by atoms with Crippen LogP contribution in [0.4, 0.5) is 10.6 Å². The number of carbonyl (C=O) groups excluding carboxylic acids is 2. The summed E-state index contributed by atoms with van der Waals surface area (Å²) >= 11 is 0. The zero-order valence-electron chi connectivity index (χ0n) is 17.1. The van der Waals surface area contributed by atoms with Crippen molar-refractivity contribution < 1.29 is 24.2 Å². The molecule has 1 aromatic heterocycles. The molecule has 1 heterocycles. The van der Waals surface area contributed by atoms with Crippen LogP contribution >= 0.6 is 0 Å². The number of hydrogen-bond donors (Lipinski definition) is 3. The smallest absolute Gasteiger partial charge is 0.412 e. The summed E-state index contributed by atoms with van der Waals surface area (Å²) in [6.45, 7) is 0.148. The van der Waals surface area contributed by atoms with Crippen LogP contribution in [0.5, 0.6) is 0 Å². The molecule has 32 heavy (non-hydrogen) atoms. The Kier molecular flexibility index (Phi) is 6.12. The van der Waals surface area contributed by atoms with E-state index < -0.39 is 18.0 Å². The Hall–Kier alpha value is -4.20. The topological polar surface area (TPSA) is 118 Å². The van der Waals surface area contributed by atoms with Gasteiger partial charge in [0.1, 0.15) is 18.1 Å². The predicted octanol–water partition coefficient (Wildman–Crippen LogP) is 3.65. The summed E-state index contributed by atoms with van der Waals surface area (Å²) in [5.74, 6) is -1.44. The molecule has 0 saturated heterocycles. The zero-order chi connectivity index (χ0) is 22.5. The molecule has 0 bridgehead atoms. The fourth-order valence-corrected chi connectivity index (χ4v) is 3.74. The molecule has 1 aliphatic rings. The van der Waals surface area contributed by atoms with Gasteiger partial charge in [0, 0.05) is 12.5 Å². The van der Waals surface area contributed by atoms with Crippen molar-refractivity contribution in [2.45, 2.75) is 12.3 Å². The molecule has 2 aromatic carbocycles. The minimum Gasteiger partial charge on any atom is -0.481 e. The van der Waals surface area contributed by atoms with Gasteiger partial charge >= 0.3 is 12.1 Å². The first-order valence-electron chi connectivity index (χ1n) is 10.1. The number of aromatic nitrogens is 1. The molecule has 0 saturated carbocycles. The van der Waals surface area contributed by atoms with Crippen molar-refractivity contribution in [2.24, 2.45) is 0 Å². The molecule has 3 aromatic rings. The molecular weight excluding hydrogens is 410 g/mol. The Morgan fingerprint density at radius 1 is 0.906 bits per heavy atom. The van der Waals surface area contributed by atoms with Crippen molar-refractivity contribution in [1.29, 1.82) is 0 Å². The highest BCUT2D eigenvalue weighted by molar-refractivity contribution is 5.93. The van der Waals surface area contributed by atoms with E-state index in [2.05, 4.69) is 27.8 Å². The van der Waals surface area contributed by atoms with Gasteiger partial charge in [-0.1, -0.05) is 54.6 Å². The number of rotatable bonds is 7. The Balaban J connectivity index is 1.38. The number of nitrogens with one attached hydrogen (secondary N) is 2. The third-order valence-corrected chi connectivity index (χ3v) is 5.18. The van der Waals surface area contributed by atoms with E-state index in [0.29, 0.717) is 0 Å². The number of aliphatic carboxylic acids is 1. The van der Waals surface area contributed by atoms with Crippen molar-refractivity contribution in [2.75, 3.05) is 18.5 Å². The number of fused-ring (bicyclic) bond motifs is 3. The number of nitrogens with zero attached hydrogens (tertiary/aromatic N) is 1. The largest absolute Gasteiger partial charge is 0.481 e. The third kappa shape index (κ3) is 4.59. The number of anilines is 1. The van der Waals surface area contributed by atoms with Gasteiger partial charge in [-0.05, 0) is 34.4 Å². The lowest BCUT2D eigenvalue weighted by Crippen LogP contribution is -2.27. The van der Waals surface area contributed by atoms with Gasteiger partial charge in [-0.25, -0.2) is 9.78 Å². The summed E-state index contributed by atoms with van der Waals surface area (Å²) in [7, 11) is 0.